The highest BCUT2D eigenvalue weighted by molar-refractivity contribution is 6.01. The van der Waals surface area contributed by atoms with Crippen molar-refractivity contribution in [2.75, 3.05) is 0 Å². The summed E-state index contributed by atoms with van der Waals surface area (Å²) in [7, 11) is 0. The number of ketones is 1. The molecular formula is C8H6N2O. The first-order valence-corrected chi connectivity index (χ1v) is 3.39. The molecule has 0 aromatic carbocycles. The number of carbonyl (C=O) groups excluding carboxylic acids is 1. The highest BCUT2D eigenvalue weighted by Crippen LogP contribution is 2.14. The number of allylic oxidation sites excluding steroid dienone is 1. The summed E-state index contributed by atoms with van der Waals surface area (Å²) in [5.74, 6) is 0.123. The zero-order valence-corrected chi connectivity index (χ0v) is 5.82. The maximum atomic E-state index is 11.2. The van der Waals surface area contributed by atoms with Gasteiger partial charge >= 0.3 is 0 Å². The van der Waals surface area contributed by atoms with E-state index in [4.69, 9.17) is 0 Å². The van der Waals surface area contributed by atoms with E-state index in [1.807, 2.05) is 6.08 Å². The van der Waals surface area contributed by atoms with Crippen molar-refractivity contribution < 1.29 is 4.79 Å². The maximum absolute atomic E-state index is 11.2. The van der Waals surface area contributed by atoms with E-state index in [-0.39, 0.29) is 5.78 Å². The van der Waals surface area contributed by atoms with E-state index >= 15 is 0 Å². The molecule has 1 aromatic heterocycles. The fourth-order valence-corrected chi connectivity index (χ4v) is 1.09. The van der Waals surface area contributed by atoms with Gasteiger partial charge in [0.2, 0.25) is 0 Å². The van der Waals surface area contributed by atoms with E-state index in [0.717, 1.165) is 0 Å². The Morgan fingerprint density at radius 3 is 3.18 bits per heavy atom. The van der Waals surface area contributed by atoms with Crippen molar-refractivity contribution in [1.82, 2.24) is 10.2 Å². The lowest BCUT2D eigenvalue weighted by Crippen LogP contribution is -2.06. The highest BCUT2D eigenvalue weighted by atomic mass is 16.1. The summed E-state index contributed by atoms with van der Waals surface area (Å²) in [5, 5.41) is 7.49. The molecule has 3 nitrogen and oxygen atoms in total. The molecule has 0 unspecified atom stereocenters. The normalized spacial score (nSPS) is 14.7. The first-order chi connectivity index (χ1) is 5.38. The molecule has 0 N–H and O–H groups in total. The fraction of sp³-hybridized carbons (Fsp3) is 0.125. The largest absolute Gasteiger partial charge is 0.294 e. The summed E-state index contributed by atoms with van der Waals surface area (Å²) < 4.78 is 0. The smallest absolute Gasteiger partial charge is 0.168 e. The van der Waals surface area contributed by atoms with Crippen LogP contribution >= 0.6 is 0 Å². The van der Waals surface area contributed by atoms with Crippen LogP contribution in [0.25, 0.3) is 6.08 Å². The minimum atomic E-state index is 0.123. The van der Waals surface area contributed by atoms with Crippen LogP contribution in [0, 0.1) is 0 Å². The average molecular weight is 146 g/mol. The Labute approximate surface area is 63.8 Å². The lowest BCUT2D eigenvalue weighted by Gasteiger charge is -2.04. The van der Waals surface area contributed by atoms with Gasteiger partial charge in [-0.1, -0.05) is 6.08 Å². The van der Waals surface area contributed by atoms with E-state index < -0.39 is 0 Å². The summed E-state index contributed by atoms with van der Waals surface area (Å²) in [6, 6.07) is 1.70. The van der Waals surface area contributed by atoms with Crippen LogP contribution in [0.15, 0.2) is 18.3 Å². The lowest BCUT2D eigenvalue weighted by molar-refractivity contribution is 0.0994. The molecule has 1 aromatic rings. The van der Waals surface area contributed by atoms with E-state index in [1.165, 1.54) is 6.20 Å². The second kappa shape index (κ2) is 2.27. The first kappa shape index (κ1) is 6.22. The standard InChI is InChI=1S/C8H6N2O/c11-8-3-1-2-7-6(8)4-5-9-10-7/h1-2,4-5H,3H2. The Bertz CT molecular complexity index is 331. The van der Waals surface area contributed by atoms with Gasteiger partial charge in [-0.05, 0) is 12.1 Å². The molecule has 1 aliphatic rings. The molecule has 11 heavy (non-hydrogen) atoms. The molecule has 0 atom stereocenters. The van der Waals surface area contributed by atoms with Crippen molar-refractivity contribution in [2.24, 2.45) is 0 Å². The molecule has 3 heteroatoms. The number of fused-ring (bicyclic) bond motifs is 1. The SMILES string of the molecule is O=C1CC=Cc2nnccc21. The van der Waals surface area contributed by atoms with E-state index in [9.17, 15) is 4.79 Å². The number of hydrogen-bond donors (Lipinski definition) is 0. The summed E-state index contributed by atoms with van der Waals surface area (Å²) >= 11 is 0. The van der Waals surface area contributed by atoms with E-state index in [2.05, 4.69) is 10.2 Å². The van der Waals surface area contributed by atoms with E-state index in [1.54, 1.807) is 12.1 Å². The van der Waals surface area contributed by atoms with Crippen LogP contribution in [0.3, 0.4) is 0 Å². The topological polar surface area (TPSA) is 42.9 Å². The van der Waals surface area contributed by atoms with Crippen molar-refractivity contribution in [3.8, 4) is 0 Å². The molecular weight excluding hydrogens is 140 g/mol. The summed E-state index contributed by atoms with van der Waals surface area (Å²) in [4.78, 5) is 11.2. The van der Waals surface area contributed by atoms with Gasteiger partial charge in [-0.15, -0.1) is 0 Å². The third-order valence-electron chi connectivity index (χ3n) is 1.63. The third-order valence-corrected chi connectivity index (χ3v) is 1.63. The number of hydrogen-bond acceptors (Lipinski definition) is 3. The molecule has 1 heterocycles. The molecule has 2 rings (SSSR count). The van der Waals surface area contributed by atoms with Crippen molar-refractivity contribution in [1.29, 1.82) is 0 Å². The van der Waals surface area contributed by atoms with Crippen LogP contribution in [0.2, 0.25) is 0 Å². The monoisotopic (exact) mass is 146 g/mol. The predicted molar refractivity (Wildman–Crippen MR) is 40.0 cm³/mol. The fourth-order valence-electron chi connectivity index (χ4n) is 1.09. The summed E-state index contributed by atoms with van der Waals surface area (Å²) in [6.45, 7) is 0. The van der Waals surface area contributed by atoms with Crippen LogP contribution in [0.5, 0.6) is 0 Å². The van der Waals surface area contributed by atoms with Gasteiger partial charge in [-0.25, -0.2) is 0 Å². The highest BCUT2D eigenvalue weighted by Gasteiger charge is 2.12. The molecule has 0 spiro atoms. The summed E-state index contributed by atoms with van der Waals surface area (Å²) in [6.07, 6.45) is 5.65. The summed E-state index contributed by atoms with van der Waals surface area (Å²) in [5.41, 5.74) is 1.37. The number of rotatable bonds is 0. The molecule has 0 aliphatic heterocycles. The Morgan fingerprint density at radius 2 is 2.36 bits per heavy atom. The molecule has 0 fully saturated rings. The van der Waals surface area contributed by atoms with Crippen molar-refractivity contribution >= 4 is 11.9 Å². The minimum Gasteiger partial charge on any atom is -0.294 e. The number of carbonyl (C=O) groups is 1. The van der Waals surface area contributed by atoms with Crippen LogP contribution in [0.1, 0.15) is 22.5 Å². The molecule has 0 bridgehead atoms. The predicted octanol–water partition coefficient (Wildman–Crippen LogP) is 1.08. The molecule has 54 valence electrons. The first-order valence-electron chi connectivity index (χ1n) is 3.39. The average Bonchev–Trinajstić information content (AvgIpc) is 2.06. The van der Waals surface area contributed by atoms with Crippen LogP contribution < -0.4 is 0 Å². The Kier molecular flexibility index (Phi) is 1.28. The number of Topliss-reactive ketones (excluding diaryl/α,β-unsaturated/α-hetero) is 1. The van der Waals surface area contributed by atoms with Crippen LogP contribution in [-0.2, 0) is 0 Å². The van der Waals surface area contributed by atoms with Gasteiger partial charge in [0.1, 0.15) is 0 Å². The number of nitrogens with zero attached hydrogens (tertiary/aromatic N) is 2. The Balaban J connectivity index is 2.63. The van der Waals surface area contributed by atoms with Crippen molar-refractivity contribution in [3.63, 3.8) is 0 Å². The molecule has 0 radical (unpaired) electrons. The quantitative estimate of drug-likeness (QED) is 0.550. The van der Waals surface area contributed by atoms with Gasteiger partial charge in [0, 0.05) is 12.0 Å². The second-order valence-corrected chi connectivity index (χ2v) is 2.36. The van der Waals surface area contributed by atoms with Crippen molar-refractivity contribution in [2.45, 2.75) is 6.42 Å². The Hall–Kier alpha value is -1.51. The molecule has 1 aliphatic carbocycles. The molecule has 0 saturated carbocycles. The minimum absolute atomic E-state index is 0.123. The van der Waals surface area contributed by atoms with Crippen LogP contribution in [-0.4, -0.2) is 16.0 Å². The van der Waals surface area contributed by atoms with Gasteiger partial charge < -0.3 is 0 Å². The third kappa shape index (κ3) is 0.941. The van der Waals surface area contributed by atoms with Gasteiger partial charge in [0.15, 0.2) is 5.78 Å². The second-order valence-electron chi connectivity index (χ2n) is 2.36. The van der Waals surface area contributed by atoms with E-state index in [0.29, 0.717) is 17.7 Å². The lowest BCUT2D eigenvalue weighted by atomic mass is 10.0. The van der Waals surface area contributed by atoms with Crippen LogP contribution in [0.4, 0.5) is 0 Å². The zero-order valence-electron chi connectivity index (χ0n) is 5.82. The maximum Gasteiger partial charge on any atom is 0.168 e. The molecule has 0 amide bonds. The zero-order chi connectivity index (χ0) is 7.68. The van der Waals surface area contributed by atoms with Gasteiger partial charge in [0.05, 0.1) is 11.9 Å². The Morgan fingerprint density at radius 1 is 1.45 bits per heavy atom. The van der Waals surface area contributed by atoms with Crippen molar-refractivity contribution in [3.05, 3.63) is 29.6 Å². The van der Waals surface area contributed by atoms with Gasteiger partial charge in [-0.3, -0.25) is 4.79 Å². The van der Waals surface area contributed by atoms with Gasteiger partial charge in [0.25, 0.3) is 0 Å². The molecule has 0 saturated heterocycles. The van der Waals surface area contributed by atoms with Gasteiger partial charge in [-0.2, -0.15) is 10.2 Å². The number of aromatic nitrogens is 2.